The molecule has 0 saturated carbocycles. The zero-order valence-corrected chi connectivity index (χ0v) is 13.3. The lowest BCUT2D eigenvalue weighted by Crippen LogP contribution is -2.19. The molecule has 0 atom stereocenters. The lowest BCUT2D eigenvalue weighted by molar-refractivity contribution is 1.55. The van der Waals surface area contributed by atoms with Crippen LogP contribution in [0.2, 0.25) is 0 Å². The number of anilines is 2. The van der Waals surface area contributed by atoms with Gasteiger partial charge in [-0.05, 0) is 68.3 Å². The molecule has 0 aliphatic rings. The Morgan fingerprint density at radius 3 is 1.56 bits per heavy atom. The number of thiocarbonyl (C=S) groups is 1. The van der Waals surface area contributed by atoms with Crippen molar-refractivity contribution < 1.29 is 0 Å². The second-order valence-electron chi connectivity index (χ2n) is 3.54. The summed E-state index contributed by atoms with van der Waals surface area (Å²) < 4.78 is 1.95. The van der Waals surface area contributed by atoms with Gasteiger partial charge in [0.05, 0.1) is 11.4 Å². The molecule has 0 aliphatic carbocycles. The second kappa shape index (κ2) is 6.31. The lowest BCUT2D eigenvalue weighted by atomic mass is 10.3. The number of hydrogen-bond donors (Lipinski definition) is 2. The van der Waals surface area contributed by atoms with E-state index in [1.54, 1.807) is 0 Å². The van der Waals surface area contributed by atoms with Gasteiger partial charge in [-0.3, -0.25) is 0 Å². The summed E-state index contributed by atoms with van der Waals surface area (Å²) in [5.74, 6) is 0. The molecular formula is C13H10Br2N2S. The van der Waals surface area contributed by atoms with Gasteiger partial charge < -0.3 is 10.6 Å². The maximum absolute atomic E-state index is 5.27. The van der Waals surface area contributed by atoms with Crippen LogP contribution in [-0.4, -0.2) is 5.11 Å². The Bertz CT molecular complexity index is 523. The van der Waals surface area contributed by atoms with Crippen molar-refractivity contribution in [1.82, 2.24) is 0 Å². The van der Waals surface area contributed by atoms with Gasteiger partial charge in [0.15, 0.2) is 5.11 Å². The van der Waals surface area contributed by atoms with Crippen molar-refractivity contribution in [3.8, 4) is 0 Å². The summed E-state index contributed by atoms with van der Waals surface area (Å²) in [5.41, 5.74) is 1.86. The fraction of sp³-hybridized carbons (Fsp3) is 0. The number of hydrogen-bond acceptors (Lipinski definition) is 1. The van der Waals surface area contributed by atoms with E-state index in [0.29, 0.717) is 5.11 Å². The van der Waals surface area contributed by atoms with Crippen LogP contribution < -0.4 is 10.6 Å². The van der Waals surface area contributed by atoms with Crippen LogP contribution in [0.5, 0.6) is 0 Å². The molecule has 18 heavy (non-hydrogen) atoms. The first-order valence-corrected chi connectivity index (χ1v) is 7.23. The summed E-state index contributed by atoms with van der Waals surface area (Å²) in [5, 5.41) is 6.83. The average molecular weight is 386 g/mol. The van der Waals surface area contributed by atoms with Crippen molar-refractivity contribution in [1.29, 1.82) is 0 Å². The predicted molar refractivity (Wildman–Crippen MR) is 88.1 cm³/mol. The summed E-state index contributed by atoms with van der Waals surface area (Å²) in [6.07, 6.45) is 0. The van der Waals surface area contributed by atoms with Crippen molar-refractivity contribution in [2.45, 2.75) is 0 Å². The summed E-state index contributed by atoms with van der Waals surface area (Å²) in [7, 11) is 0. The molecule has 2 rings (SSSR count). The highest BCUT2D eigenvalue weighted by Gasteiger charge is 2.03. The first-order chi connectivity index (χ1) is 8.66. The van der Waals surface area contributed by atoms with Gasteiger partial charge in [0.2, 0.25) is 0 Å². The third-order valence-corrected chi connectivity index (χ3v) is 3.83. The van der Waals surface area contributed by atoms with Gasteiger partial charge >= 0.3 is 0 Å². The van der Waals surface area contributed by atoms with Crippen molar-refractivity contribution in [2.24, 2.45) is 0 Å². The van der Waals surface area contributed by atoms with Crippen LogP contribution >= 0.6 is 44.1 Å². The second-order valence-corrected chi connectivity index (χ2v) is 5.66. The lowest BCUT2D eigenvalue weighted by Gasteiger charge is -2.12. The first kappa shape index (κ1) is 13.5. The molecule has 0 aromatic heterocycles. The normalized spacial score (nSPS) is 9.89. The molecule has 92 valence electrons. The monoisotopic (exact) mass is 384 g/mol. The largest absolute Gasteiger partial charge is 0.332 e. The highest BCUT2D eigenvalue weighted by molar-refractivity contribution is 9.11. The van der Waals surface area contributed by atoms with Crippen LogP contribution in [0.1, 0.15) is 0 Å². The van der Waals surface area contributed by atoms with Crippen molar-refractivity contribution >= 4 is 60.6 Å². The molecule has 5 heteroatoms. The average Bonchev–Trinajstić information content (AvgIpc) is 2.35. The summed E-state index contributed by atoms with van der Waals surface area (Å²) >= 11 is 12.2. The third-order valence-electron chi connectivity index (χ3n) is 2.24. The Kier molecular flexibility index (Phi) is 4.74. The van der Waals surface area contributed by atoms with E-state index in [1.165, 1.54) is 0 Å². The Labute approximate surface area is 128 Å². The highest BCUT2D eigenvalue weighted by atomic mass is 79.9. The van der Waals surface area contributed by atoms with Gasteiger partial charge in [0.1, 0.15) is 0 Å². The molecule has 0 unspecified atom stereocenters. The molecule has 2 N–H and O–H groups in total. The minimum Gasteiger partial charge on any atom is -0.332 e. The SMILES string of the molecule is S=C(Nc1ccccc1Br)Nc1ccccc1Br. The van der Waals surface area contributed by atoms with Gasteiger partial charge in [0, 0.05) is 8.95 Å². The summed E-state index contributed by atoms with van der Waals surface area (Å²) in [4.78, 5) is 0. The molecule has 2 nitrogen and oxygen atoms in total. The predicted octanol–water partition coefficient (Wildman–Crippen LogP) is 5.02. The molecule has 0 bridgehead atoms. The quantitative estimate of drug-likeness (QED) is 0.709. The fourth-order valence-electron chi connectivity index (χ4n) is 1.40. The van der Waals surface area contributed by atoms with E-state index in [4.69, 9.17) is 12.2 Å². The Morgan fingerprint density at radius 2 is 1.17 bits per heavy atom. The van der Waals surface area contributed by atoms with Crippen LogP contribution in [0.4, 0.5) is 11.4 Å². The van der Waals surface area contributed by atoms with Crippen LogP contribution in [-0.2, 0) is 0 Å². The summed E-state index contributed by atoms with van der Waals surface area (Å²) in [6, 6.07) is 15.7. The smallest absolute Gasteiger partial charge is 0.175 e. The molecule has 2 aromatic rings. The van der Waals surface area contributed by atoms with E-state index in [1.807, 2.05) is 48.5 Å². The van der Waals surface area contributed by atoms with Crippen LogP contribution in [0.3, 0.4) is 0 Å². The Balaban J connectivity index is 2.06. The molecular weight excluding hydrogens is 376 g/mol. The molecule has 0 amide bonds. The van der Waals surface area contributed by atoms with Gasteiger partial charge in [-0.25, -0.2) is 0 Å². The first-order valence-electron chi connectivity index (χ1n) is 5.24. The van der Waals surface area contributed by atoms with E-state index in [2.05, 4.69) is 42.5 Å². The van der Waals surface area contributed by atoms with Crippen molar-refractivity contribution in [2.75, 3.05) is 10.6 Å². The number of benzene rings is 2. The molecule has 0 heterocycles. The van der Waals surface area contributed by atoms with E-state index in [-0.39, 0.29) is 0 Å². The van der Waals surface area contributed by atoms with Crippen LogP contribution in [0.15, 0.2) is 57.5 Å². The van der Waals surface area contributed by atoms with E-state index in [9.17, 15) is 0 Å². The van der Waals surface area contributed by atoms with E-state index in [0.717, 1.165) is 20.3 Å². The van der Waals surface area contributed by atoms with Gasteiger partial charge in [-0.15, -0.1) is 0 Å². The highest BCUT2D eigenvalue weighted by Crippen LogP contribution is 2.23. The van der Waals surface area contributed by atoms with Gasteiger partial charge in [-0.1, -0.05) is 24.3 Å². The Morgan fingerprint density at radius 1 is 0.778 bits per heavy atom. The number of halogens is 2. The van der Waals surface area contributed by atoms with Gasteiger partial charge in [0.25, 0.3) is 0 Å². The Hall–Kier alpha value is -0.910. The molecule has 0 aliphatic heterocycles. The zero-order chi connectivity index (χ0) is 13.0. The molecule has 0 saturated heterocycles. The topological polar surface area (TPSA) is 24.1 Å². The molecule has 2 aromatic carbocycles. The summed E-state index contributed by atoms with van der Waals surface area (Å²) in [6.45, 7) is 0. The zero-order valence-electron chi connectivity index (χ0n) is 9.28. The molecule has 0 fully saturated rings. The maximum Gasteiger partial charge on any atom is 0.175 e. The number of nitrogens with one attached hydrogen (secondary N) is 2. The van der Waals surface area contributed by atoms with E-state index >= 15 is 0 Å². The number of rotatable bonds is 2. The van der Waals surface area contributed by atoms with Crippen molar-refractivity contribution in [3.63, 3.8) is 0 Å². The maximum atomic E-state index is 5.27. The minimum atomic E-state index is 0.550. The van der Waals surface area contributed by atoms with E-state index < -0.39 is 0 Å². The molecule has 0 radical (unpaired) electrons. The van der Waals surface area contributed by atoms with Crippen LogP contribution in [0.25, 0.3) is 0 Å². The van der Waals surface area contributed by atoms with Crippen LogP contribution in [0, 0.1) is 0 Å². The third kappa shape index (κ3) is 3.54. The standard InChI is InChI=1S/C13H10Br2N2S/c14-9-5-1-3-7-11(9)16-13(18)17-12-8-4-2-6-10(12)15/h1-8H,(H2,16,17,18). The fourth-order valence-corrected chi connectivity index (χ4v) is 2.39. The van der Waals surface area contributed by atoms with Crippen molar-refractivity contribution in [3.05, 3.63) is 57.5 Å². The minimum absolute atomic E-state index is 0.550. The van der Waals surface area contributed by atoms with Gasteiger partial charge in [-0.2, -0.15) is 0 Å². The number of para-hydroxylation sites is 2. The molecule has 0 spiro atoms.